The minimum atomic E-state index is -1.08. The Labute approximate surface area is 116 Å². The van der Waals surface area contributed by atoms with Crippen LogP contribution in [0.2, 0.25) is 0 Å². The summed E-state index contributed by atoms with van der Waals surface area (Å²) in [4.78, 5) is 10.8. The molecule has 20 heavy (non-hydrogen) atoms. The largest absolute Gasteiger partial charge is 0.475 e. The first-order valence-electron chi connectivity index (χ1n) is 6.29. The normalized spacial score (nSPS) is 12.3. The Morgan fingerprint density at radius 1 is 1.40 bits per heavy atom. The average molecular weight is 277 g/mol. The van der Waals surface area contributed by atoms with Crippen LogP contribution in [0.5, 0.6) is 0 Å². The van der Waals surface area contributed by atoms with Crippen molar-refractivity contribution >= 4 is 5.97 Å². The van der Waals surface area contributed by atoms with Crippen LogP contribution in [0.25, 0.3) is 0 Å². The second kappa shape index (κ2) is 5.88. The van der Waals surface area contributed by atoms with Gasteiger partial charge >= 0.3 is 5.97 Å². The number of furan rings is 1. The number of carboxylic acid groups (broad SMARTS) is 1. The van der Waals surface area contributed by atoms with Gasteiger partial charge in [-0.1, -0.05) is 12.1 Å². The van der Waals surface area contributed by atoms with Crippen molar-refractivity contribution in [1.82, 2.24) is 5.32 Å². The molecule has 1 aromatic heterocycles. The lowest BCUT2D eigenvalue weighted by atomic mass is 10.1. The van der Waals surface area contributed by atoms with Gasteiger partial charge in [-0.3, -0.25) is 0 Å². The summed E-state index contributed by atoms with van der Waals surface area (Å²) in [5.41, 5.74) is 1.77. The Bertz CT molecular complexity index is 604. The molecule has 0 aliphatic rings. The summed E-state index contributed by atoms with van der Waals surface area (Å²) in [6.07, 6.45) is 0. The van der Waals surface area contributed by atoms with Crippen molar-refractivity contribution in [3.63, 3.8) is 0 Å². The molecule has 0 spiro atoms. The van der Waals surface area contributed by atoms with Crippen molar-refractivity contribution in [2.24, 2.45) is 0 Å². The number of hydrogen-bond donors (Lipinski definition) is 2. The molecule has 4 nitrogen and oxygen atoms in total. The van der Waals surface area contributed by atoms with Crippen molar-refractivity contribution in [3.8, 4) is 0 Å². The maximum absolute atomic E-state index is 12.8. The van der Waals surface area contributed by atoms with Crippen molar-refractivity contribution in [2.45, 2.75) is 26.4 Å². The molecule has 2 N–H and O–H groups in total. The third kappa shape index (κ3) is 3.24. The Balaban J connectivity index is 2.01. The average Bonchev–Trinajstić information content (AvgIpc) is 2.78. The number of halogens is 1. The number of nitrogens with one attached hydrogen (secondary N) is 1. The number of carboxylic acids is 1. The lowest BCUT2D eigenvalue weighted by Crippen LogP contribution is -2.18. The SMILES string of the molecule is Cc1oc(C(=O)O)cc1CNC(C)c1ccc(F)cc1. The fourth-order valence-electron chi connectivity index (χ4n) is 1.93. The predicted octanol–water partition coefficient (Wildman–Crippen LogP) is 3.28. The molecular formula is C15H16FNO3. The van der Waals surface area contributed by atoms with Gasteiger partial charge in [-0.05, 0) is 37.6 Å². The van der Waals surface area contributed by atoms with Gasteiger partial charge in [0.2, 0.25) is 5.76 Å². The zero-order valence-corrected chi connectivity index (χ0v) is 11.3. The highest BCUT2D eigenvalue weighted by Gasteiger charge is 2.14. The summed E-state index contributed by atoms with van der Waals surface area (Å²) in [5, 5.41) is 12.1. The topological polar surface area (TPSA) is 62.5 Å². The fraction of sp³-hybridized carbons (Fsp3) is 0.267. The van der Waals surface area contributed by atoms with E-state index in [1.54, 1.807) is 19.1 Å². The van der Waals surface area contributed by atoms with Crippen molar-refractivity contribution in [3.05, 3.63) is 58.8 Å². The minimum Gasteiger partial charge on any atom is -0.475 e. The van der Waals surface area contributed by atoms with E-state index >= 15 is 0 Å². The van der Waals surface area contributed by atoms with Crippen LogP contribution in [-0.2, 0) is 6.54 Å². The highest BCUT2D eigenvalue weighted by molar-refractivity contribution is 5.84. The third-order valence-electron chi connectivity index (χ3n) is 3.20. The van der Waals surface area contributed by atoms with E-state index in [2.05, 4.69) is 5.32 Å². The van der Waals surface area contributed by atoms with Gasteiger partial charge in [0.1, 0.15) is 11.6 Å². The number of hydrogen-bond acceptors (Lipinski definition) is 3. The van der Waals surface area contributed by atoms with E-state index < -0.39 is 5.97 Å². The molecule has 0 saturated carbocycles. The molecule has 0 aliphatic heterocycles. The monoisotopic (exact) mass is 277 g/mol. The first-order chi connectivity index (χ1) is 9.47. The molecule has 106 valence electrons. The zero-order chi connectivity index (χ0) is 14.7. The van der Waals surface area contributed by atoms with Gasteiger partial charge < -0.3 is 14.8 Å². The third-order valence-corrected chi connectivity index (χ3v) is 3.20. The summed E-state index contributed by atoms with van der Waals surface area (Å²) in [6.45, 7) is 4.17. The van der Waals surface area contributed by atoms with Crippen LogP contribution < -0.4 is 5.32 Å². The van der Waals surface area contributed by atoms with Crippen LogP contribution in [0.15, 0.2) is 34.7 Å². The number of benzene rings is 1. The van der Waals surface area contributed by atoms with E-state index in [1.165, 1.54) is 18.2 Å². The molecule has 1 unspecified atom stereocenters. The summed E-state index contributed by atoms with van der Waals surface area (Å²) in [7, 11) is 0. The molecular weight excluding hydrogens is 261 g/mol. The molecule has 0 aliphatic carbocycles. The molecule has 0 amide bonds. The quantitative estimate of drug-likeness (QED) is 0.880. The first-order valence-corrected chi connectivity index (χ1v) is 6.29. The van der Waals surface area contributed by atoms with E-state index in [1.807, 2.05) is 6.92 Å². The van der Waals surface area contributed by atoms with Crippen molar-refractivity contribution in [2.75, 3.05) is 0 Å². The fourth-order valence-corrected chi connectivity index (χ4v) is 1.93. The van der Waals surface area contributed by atoms with Crippen LogP contribution in [0.4, 0.5) is 4.39 Å². The van der Waals surface area contributed by atoms with Gasteiger partial charge in [0.25, 0.3) is 0 Å². The Morgan fingerprint density at radius 3 is 2.60 bits per heavy atom. The lowest BCUT2D eigenvalue weighted by molar-refractivity contribution is 0.0661. The van der Waals surface area contributed by atoms with Gasteiger partial charge in [0.15, 0.2) is 0 Å². The smallest absolute Gasteiger partial charge is 0.371 e. The molecule has 0 saturated heterocycles. The van der Waals surface area contributed by atoms with E-state index in [0.717, 1.165) is 11.1 Å². The molecule has 0 radical (unpaired) electrons. The van der Waals surface area contributed by atoms with Crippen LogP contribution in [0.1, 0.15) is 40.4 Å². The maximum Gasteiger partial charge on any atom is 0.371 e. The second-order valence-corrected chi connectivity index (χ2v) is 4.65. The Morgan fingerprint density at radius 2 is 2.05 bits per heavy atom. The maximum atomic E-state index is 12.8. The number of rotatable bonds is 5. The summed E-state index contributed by atoms with van der Waals surface area (Å²) >= 11 is 0. The van der Waals surface area contributed by atoms with Crippen molar-refractivity contribution in [1.29, 1.82) is 0 Å². The van der Waals surface area contributed by atoms with Crippen LogP contribution >= 0.6 is 0 Å². The highest BCUT2D eigenvalue weighted by atomic mass is 19.1. The molecule has 2 aromatic rings. The molecule has 1 heterocycles. The summed E-state index contributed by atoms with van der Waals surface area (Å²) < 4.78 is 18.0. The van der Waals surface area contributed by atoms with Gasteiger partial charge in [-0.25, -0.2) is 9.18 Å². The molecule has 5 heteroatoms. The lowest BCUT2D eigenvalue weighted by Gasteiger charge is -2.13. The summed E-state index contributed by atoms with van der Waals surface area (Å²) in [5.74, 6) is -0.821. The van der Waals surface area contributed by atoms with E-state index in [-0.39, 0.29) is 17.6 Å². The zero-order valence-electron chi connectivity index (χ0n) is 11.3. The number of aromatic carboxylic acids is 1. The van der Waals surface area contributed by atoms with E-state index in [0.29, 0.717) is 12.3 Å². The molecule has 0 bridgehead atoms. The predicted molar refractivity (Wildman–Crippen MR) is 72.1 cm³/mol. The van der Waals surface area contributed by atoms with Crippen LogP contribution in [-0.4, -0.2) is 11.1 Å². The van der Waals surface area contributed by atoms with Crippen LogP contribution in [0.3, 0.4) is 0 Å². The standard InChI is InChI=1S/C15H16FNO3/c1-9(11-3-5-13(16)6-4-11)17-8-12-7-14(15(18)19)20-10(12)2/h3-7,9,17H,8H2,1-2H3,(H,18,19). The molecule has 1 atom stereocenters. The second-order valence-electron chi connectivity index (χ2n) is 4.65. The van der Waals surface area contributed by atoms with Gasteiger partial charge in [-0.15, -0.1) is 0 Å². The highest BCUT2D eigenvalue weighted by Crippen LogP contribution is 2.17. The van der Waals surface area contributed by atoms with Gasteiger partial charge in [-0.2, -0.15) is 0 Å². The van der Waals surface area contributed by atoms with Crippen molar-refractivity contribution < 1.29 is 18.7 Å². The van der Waals surface area contributed by atoms with Gasteiger partial charge in [0, 0.05) is 18.2 Å². The first kappa shape index (κ1) is 14.3. The van der Waals surface area contributed by atoms with Gasteiger partial charge in [0.05, 0.1) is 0 Å². The molecule has 2 rings (SSSR count). The Kier molecular flexibility index (Phi) is 4.20. The van der Waals surface area contributed by atoms with Crippen LogP contribution in [0, 0.1) is 12.7 Å². The Hall–Kier alpha value is -2.14. The number of carbonyl (C=O) groups is 1. The van der Waals surface area contributed by atoms with E-state index in [9.17, 15) is 9.18 Å². The number of aryl methyl sites for hydroxylation is 1. The van der Waals surface area contributed by atoms with E-state index in [4.69, 9.17) is 9.52 Å². The molecule has 1 aromatic carbocycles. The molecule has 0 fully saturated rings. The summed E-state index contributed by atoms with van der Waals surface area (Å²) in [6, 6.07) is 7.81. The minimum absolute atomic E-state index is 0.0261.